The first-order valence-electron chi connectivity index (χ1n) is 8.82. The van der Waals surface area contributed by atoms with E-state index < -0.39 is 0 Å². The molecule has 3 aromatic carbocycles. The fraction of sp³-hybridized carbons (Fsp3) is 0.0870. The molecule has 1 heterocycles. The molecule has 0 saturated heterocycles. The molecule has 1 aliphatic heterocycles. The molecule has 3 aromatic rings. The Morgan fingerprint density at radius 2 is 1.79 bits per heavy atom. The molecule has 0 saturated carbocycles. The Balaban J connectivity index is 1.56. The lowest BCUT2D eigenvalue weighted by molar-refractivity contribution is 0.101. The van der Waals surface area contributed by atoms with Crippen molar-refractivity contribution in [2.24, 2.45) is 0 Å². The summed E-state index contributed by atoms with van der Waals surface area (Å²) in [6.07, 6.45) is 1.59. The maximum Gasteiger partial charge on any atom is 0.231 e. The minimum absolute atomic E-state index is 0.191. The molecule has 0 unspecified atom stereocenters. The molecule has 0 N–H and O–H groups in total. The minimum Gasteiger partial charge on any atom is -0.488 e. The zero-order valence-electron chi connectivity index (χ0n) is 15.3. The topological polar surface area (TPSA) is 35.5 Å². The summed E-state index contributed by atoms with van der Waals surface area (Å²) >= 11 is 12.0. The fourth-order valence-corrected chi connectivity index (χ4v) is 3.35. The molecule has 0 atom stereocenters. The standard InChI is InChI=1S/C23H15Cl2FO3/c1-13-20(28-12-15-4-8-18(24)19(25)10-15)9-7-17-22(27)21(29-23(13)17)11-14-2-5-16(26)6-3-14/h2-11H,12H2,1H3/b21-11-. The largest absolute Gasteiger partial charge is 0.488 e. The van der Waals surface area contributed by atoms with Crippen LogP contribution >= 0.6 is 23.2 Å². The number of hydrogen-bond acceptors (Lipinski definition) is 3. The van der Waals surface area contributed by atoms with Crippen molar-refractivity contribution in [2.75, 3.05) is 0 Å². The summed E-state index contributed by atoms with van der Waals surface area (Å²) in [6, 6.07) is 14.6. The average molecular weight is 429 g/mol. The number of Topliss-reactive ketones (excluding diaryl/α,β-unsaturated/α-hetero) is 1. The Bertz CT molecular complexity index is 1140. The maximum atomic E-state index is 13.1. The van der Waals surface area contributed by atoms with Crippen molar-refractivity contribution in [3.8, 4) is 11.5 Å². The van der Waals surface area contributed by atoms with Crippen LogP contribution in [0.4, 0.5) is 4.39 Å². The Hall–Kier alpha value is -2.82. The van der Waals surface area contributed by atoms with Crippen LogP contribution in [0.5, 0.6) is 11.5 Å². The Kier molecular flexibility index (Phi) is 5.31. The lowest BCUT2D eigenvalue weighted by atomic mass is 10.1. The molecule has 0 aromatic heterocycles. The van der Waals surface area contributed by atoms with Crippen LogP contribution < -0.4 is 9.47 Å². The highest BCUT2D eigenvalue weighted by atomic mass is 35.5. The zero-order chi connectivity index (χ0) is 20.5. The number of halogens is 3. The molecule has 3 nitrogen and oxygen atoms in total. The predicted molar refractivity (Wildman–Crippen MR) is 111 cm³/mol. The second-order valence-corrected chi connectivity index (χ2v) is 7.41. The molecule has 0 radical (unpaired) electrons. The molecule has 0 fully saturated rings. The fourth-order valence-electron chi connectivity index (χ4n) is 3.03. The molecule has 4 rings (SSSR count). The van der Waals surface area contributed by atoms with Crippen molar-refractivity contribution >= 4 is 35.1 Å². The molecule has 6 heteroatoms. The predicted octanol–water partition coefficient (Wildman–Crippen LogP) is 6.64. The van der Waals surface area contributed by atoms with Crippen LogP contribution in [-0.2, 0) is 6.61 Å². The van der Waals surface area contributed by atoms with Crippen molar-refractivity contribution in [3.63, 3.8) is 0 Å². The molecule has 1 aliphatic rings. The molecule has 146 valence electrons. The first kappa shape index (κ1) is 19.5. The summed E-state index contributed by atoms with van der Waals surface area (Å²) in [7, 11) is 0. The van der Waals surface area contributed by atoms with Gasteiger partial charge in [-0.3, -0.25) is 4.79 Å². The molecular weight excluding hydrogens is 414 g/mol. The third-order valence-corrected chi connectivity index (χ3v) is 5.32. The van der Waals surface area contributed by atoms with Crippen molar-refractivity contribution in [3.05, 3.63) is 98.5 Å². The van der Waals surface area contributed by atoms with E-state index in [0.717, 1.165) is 11.1 Å². The maximum absolute atomic E-state index is 13.1. The molecule has 29 heavy (non-hydrogen) atoms. The average Bonchev–Trinajstić information content (AvgIpc) is 3.02. The number of carbonyl (C=O) groups excluding carboxylic acids is 1. The van der Waals surface area contributed by atoms with E-state index in [1.54, 1.807) is 42.5 Å². The summed E-state index contributed by atoms with van der Waals surface area (Å²) in [6.45, 7) is 2.12. The summed E-state index contributed by atoms with van der Waals surface area (Å²) < 4.78 is 24.8. The molecule has 0 bridgehead atoms. The van der Waals surface area contributed by atoms with Gasteiger partial charge in [-0.05, 0) is 60.5 Å². The van der Waals surface area contributed by atoms with Gasteiger partial charge in [-0.15, -0.1) is 0 Å². The van der Waals surface area contributed by atoms with Crippen molar-refractivity contribution in [2.45, 2.75) is 13.5 Å². The highest BCUT2D eigenvalue weighted by Gasteiger charge is 2.30. The van der Waals surface area contributed by atoms with Crippen LogP contribution in [0.15, 0.2) is 60.4 Å². The van der Waals surface area contributed by atoms with E-state index >= 15 is 0 Å². The number of hydrogen-bond donors (Lipinski definition) is 0. The van der Waals surface area contributed by atoms with Gasteiger partial charge >= 0.3 is 0 Å². The normalized spacial score (nSPS) is 14.1. The van der Waals surface area contributed by atoms with Gasteiger partial charge in [-0.1, -0.05) is 41.4 Å². The number of ether oxygens (including phenoxy) is 2. The SMILES string of the molecule is Cc1c(OCc2ccc(Cl)c(Cl)c2)ccc2c1O/C(=C\c1ccc(F)cc1)C2=O. The zero-order valence-corrected chi connectivity index (χ0v) is 16.9. The van der Waals surface area contributed by atoms with E-state index in [1.165, 1.54) is 12.1 Å². The van der Waals surface area contributed by atoms with E-state index in [-0.39, 0.29) is 17.4 Å². The quantitative estimate of drug-likeness (QED) is 0.437. The number of ketones is 1. The second-order valence-electron chi connectivity index (χ2n) is 6.59. The minimum atomic E-state index is -0.339. The summed E-state index contributed by atoms with van der Waals surface area (Å²) in [5, 5.41) is 0.944. The number of allylic oxidation sites excluding steroid dienone is 1. The van der Waals surface area contributed by atoms with Crippen LogP contribution in [-0.4, -0.2) is 5.78 Å². The Labute approximate surface area is 177 Å². The van der Waals surface area contributed by atoms with Crippen molar-refractivity contribution < 1.29 is 18.7 Å². The van der Waals surface area contributed by atoms with Gasteiger partial charge in [-0.2, -0.15) is 0 Å². The number of rotatable bonds is 4. The first-order valence-corrected chi connectivity index (χ1v) is 9.58. The highest BCUT2D eigenvalue weighted by Crippen LogP contribution is 2.39. The van der Waals surface area contributed by atoms with E-state index in [4.69, 9.17) is 32.7 Å². The number of fused-ring (bicyclic) bond motifs is 1. The van der Waals surface area contributed by atoms with E-state index in [2.05, 4.69) is 0 Å². The van der Waals surface area contributed by atoms with Crippen molar-refractivity contribution in [1.29, 1.82) is 0 Å². The van der Waals surface area contributed by atoms with Gasteiger partial charge in [-0.25, -0.2) is 4.39 Å². The lowest BCUT2D eigenvalue weighted by Crippen LogP contribution is -1.98. The monoisotopic (exact) mass is 428 g/mol. The highest BCUT2D eigenvalue weighted by molar-refractivity contribution is 6.42. The number of carbonyl (C=O) groups is 1. The van der Waals surface area contributed by atoms with Gasteiger partial charge in [0.05, 0.1) is 15.6 Å². The van der Waals surface area contributed by atoms with Crippen LogP contribution in [0.3, 0.4) is 0 Å². The third kappa shape index (κ3) is 4.00. The smallest absolute Gasteiger partial charge is 0.231 e. The summed E-state index contributed by atoms with van der Waals surface area (Å²) in [4.78, 5) is 12.6. The molecule has 0 spiro atoms. The lowest BCUT2D eigenvalue weighted by Gasteiger charge is -2.12. The van der Waals surface area contributed by atoms with Crippen LogP contribution in [0.25, 0.3) is 6.08 Å². The van der Waals surface area contributed by atoms with Gasteiger partial charge in [0, 0.05) is 5.56 Å². The second kappa shape index (κ2) is 7.90. The van der Waals surface area contributed by atoms with Gasteiger partial charge in [0.15, 0.2) is 5.76 Å². The summed E-state index contributed by atoms with van der Waals surface area (Å²) in [5.41, 5.74) is 2.74. The summed E-state index contributed by atoms with van der Waals surface area (Å²) in [5.74, 6) is 0.703. The molecular formula is C23H15Cl2FO3. The van der Waals surface area contributed by atoms with E-state index in [9.17, 15) is 9.18 Å². The molecule has 0 amide bonds. The van der Waals surface area contributed by atoms with Gasteiger partial charge in [0.2, 0.25) is 5.78 Å². The van der Waals surface area contributed by atoms with Crippen molar-refractivity contribution in [1.82, 2.24) is 0 Å². The van der Waals surface area contributed by atoms with Crippen LogP contribution in [0.2, 0.25) is 10.0 Å². The Morgan fingerprint density at radius 1 is 1.03 bits per heavy atom. The van der Waals surface area contributed by atoms with Gasteiger partial charge < -0.3 is 9.47 Å². The third-order valence-electron chi connectivity index (χ3n) is 4.58. The van der Waals surface area contributed by atoms with Crippen LogP contribution in [0, 0.1) is 12.7 Å². The first-order chi connectivity index (χ1) is 13.9. The molecule has 0 aliphatic carbocycles. The van der Waals surface area contributed by atoms with Gasteiger partial charge in [0.1, 0.15) is 23.9 Å². The van der Waals surface area contributed by atoms with Crippen LogP contribution in [0.1, 0.15) is 27.0 Å². The van der Waals surface area contributed by atoms with E-state index in [1.807, 2.05) is 13.0 Å². The number of benzene rings is 3. The Morgan fingerprint density at radius 3 is 2.52 bits per heavy atom. The van der Waals surface area contributed by atoms with E-state index in [0.29, 0.717) is 39.3 Å². The van der Waals surface area contributed by atoms with Gasteiger partial charge in [0.25, 0.3) is 0 Å².